The van der Waals surface area contributed by atoms with Crippen LogP contribution in [0.15, 0.2) is 17.5 Å². The Balaban J connectivity index is 2.32. The van der Waals surface area contributed by atoms with Crippen LogP contribution in [0.3, 0.4) is 0 Å². The van der Waals surface area contributed by atoms with E-state index in [1.54, 1.807) is 11.3 Å². The van der Waals surface area contributed by atoms with Crippen LogP contribution in [0.5, 0.6) is 0 Å². The summed E-state index contributed by atoms with van der Waals surface area (Å²) in [7, 11) is 2.10. The molecule has 0 saturated carbocycles. The quantitative estimate of drug-likeness (QED) is 0.681. The Hall–Kier alpha value is -0.0500. The molecule has 0 aliphatic rings. The molecule has 0 aliphatic heterocycles. The average Bonchev–Trinajstić information content (AvgIpc) is 2.37. The molecule has 12 heavy (non-hydrogen) atoms. The smallest absolute Gasteiger partial charge is 0.0435 e. The van der Waals surface area contributed by atoms with Crippen LogP contribution >= 0.6 is 22.9 Å². The number of halogens is 1. The second-order valence-electron chi connectivity index (χ2n) is 3.06. The molecule has 1 aromatic heterocycles. The molecule has 0 fully saturated rings. The highest BCUT2D eigenvalue weighted by Crippen LogP contribution is 2.11. The molecule has 0 N–H and O–H groups in total. The summed E-state index contributed by atoms with van der Waals surface area (Å²) in [6.07, 6.45) is 0. The third kappa shape index (κ3) is 3.57. The molecule has 1 nitrogen and oxygen atoms in total. The number of thiophene rings is 1. The van der Waals surface area contributed by atoms with Gasteiger partial charge in [0, 0.05) is 23.3 Å². The van der Waals surface area contributed by atoms with Gasteiger partial charge in [-0.15, -0.1) is 22.9 Å². The standard InChI is InChI=1S/C9H14ClNS/c1-8(10)6-11(2)7-9-4-3-5-12-9/h3-5,8H,6-7H2,1-2H3. The summed E-state index contributed by atoms with van der Waals surface area (Å²) in [6, 6.07) is 4.23. The van der Waals surface area contributed by atoms with Crippen molar-refractivity contribution >= 4 is 22.9 Å². The van der Waals surface area contributed by atoms with E-state index < -0.39 is 0 Å². The van der Waals surface area contributed by atoms with E-state index in [2.05, 4.69) is 29.5 Å². The summed E-state index contributed by atoms with van der Waals surface area (Å²) in [6.45, 7) is 3.97. The zero-order valence-corrected chi connectivity index (χ0v) is 9.03. The van der Waals surface area contributed by atoms with Gasteiger partial charge in [-0.05, 0) is 25.4 Å². The lowest BCUT2D eigenvalue weighted by Crippen LogP contribution is -2.23. The van der Waals surface area contributed by atoms with E-state index in [1.165, 1.54) is 4.88 Å². The van der Waals surface area contributed by atoms with Crippen molar-refractivity contribution in [3.05, 3.63) is 22.4 Å². The molecule has 0 aromatic carbocycles. The van der Waals surface area contributed by atoms with Crippen LogP contribution < -0.4 is 0 Å². The van der Waals surface area contributed by atoms with Crippen molar-refractivity contribution in [2.45, 2.75) is 18.8 Å². The highest BCUT2D eigenvalue weighted by atomic mass is 35.5. The third-order valence-electron chi connectivity index (χ3n) is 1.57. The molecule has 1 aromatic rings. The predicted molar refractivity (Wildman–Crippen MR) is 56.0 cm³/mol. The van der Waals surface area contributed by atoms with Gasteiger partial charge >= 0.3 is 0 Å². The Bertz CT molecular complexity index is 208. The molecule has 1 atom stereocenters. The molecule has 1 unspecified atom stereocenters. The molecule has 0 bridgehead atoms. The molecule has 0 amide bonds. The fraction of sp³-hybridized carbons (Fsp3) is 0.556. The average molecular weight is 204 g/mol. The Morgan fingerprint density at radius 3 is 2.92 bits per heavy atom. The summed E-state index contributed by atoms with van der Waals surface area (Å²) in [4.78, 5) is 3.64. The van der Waals surface area contributed by atoms with Gasteiger partial charge in [0.25, 0.3) is 0 Å². The Labute approximate surface area is 83.0 Å². The van der Waals surface area contributed by atoms with Crippen molar-refractivity contribution in [3.8, 4) is 0 Å². The number of hydrogen-bond acceptors (Lipinski definition) is 2. The summed E-state index contributed by atoms with van der Waals surface area (Å²) < 4.78 is 0. The van der Waals surface area contributed by atoms with E-state index in [0.717, 1.165) is 13.1 Å². The van der Waals surface area contributed by atoms with Gasteiger partial charge in [-0.3, -0.25) is 4.90 Å². The molecular weight excluding hydrogens is 190 g/mol. The van der Waals surface area contributed by atoms with Crippen molar-refractivity contribution in [2.75, 3.05) is 13.6 Å². The van der Waals surface area contributed by atoms with Crippen LogP contribution in [-0.4, -0.2) is 23.9 Å². The molecule has 0 aliphatic carbocycles. The topological polar surface area (TPSA) is 3.24 Å². The molecule has 0 saturated heterocycles. The second-order valence-corrected chi connectivity index (χ2v) is 4.83. The van der Waals surface area contributed by atoms with E-state index in [1.807, 2.05) is 6.92 Å². The van der Waals surface area contributed by atoms with Gasteiger partial charge in [0.1, 0.15) is 0 Å². The van der Waals surface area contributed by atoms with Crippen LogP contribution in [0.2, 0.25) is 0 Å². The van der Waals surface area contributed by atoms with Crippen molar-refractivity contribution in [3.63, 3.8) is 0 Å². The normalized spacial score (nSPS) is 13.7. The highest BCUT2D eigenvalue weighted by molar-refractivity contribution is 7.09. The maximum atomic E-state index is 5.87. The van der Waals surface area contributed by atoms with E-state index in [0.29, 0.717) is 0 Å². The van der Waals surface area contributed by atoms with Crippen molar-refractivity contribution in [1.29, 1.82) is 0 Å². The lowest BCUT2D eigenvalue weighted by molar-refractivity contribution is 0.333. The van der Waals surface area contributed by atoms with Gasteiger partial charge in [-0.25, -0.2) is 0 Å². The van der Waals surface area contributed by atoms with Crippen LogP contribution in [0, 0.1) is 0 Å². The lowest BCUT2D eigenvalue weighted by atomic mass is 10.4. The SMILES string of the molecule is CC(Cl)CN(C)Cc1cccs1. The summed E-state index contributed by atoms with van der Waals surface area (Å²) >= 11 is 7.67. The summed E-state index contributed by atoms with van der Waals surface area (Å²) in [5, 5.41) is 2.34. The van der Waals surface area contributed by atoms with Gasteiger partial charge in [-0.1, -0.05) is 6.07 Å². The second kappa shape index (κ2) is 4.85. The lowest BCUT2D eigenvalue weighted by Gasteiger charge is -2.16. The van der Waals surface area contributed by atoms with Gasteiger partial charge in [0.2, 0.25) is 0 Å². The Morgan fingerprint density at radius 1 is 1.67 bits per heavy atom. The monoisotopic (exact) mass is 203 g/mol. The third-order valence-corrected chi connectivity index (χ3v) is 2.57. The maximum Gasteiger partial charge on any atom is 0.0435 e. The Kier molecular flexibility index (Phi) is 4.06. The van der Waals surface area contributed by atoms with Crippen molar-refractivity contribution in [1.82, 2.24) is 4.90 Å². The zero-order chi connectivity index (χ0) is 8.97. The molecular formula is C9H14ClNS. The number of nitrogens with zero attached hydrogens (tertiary/aromatic N) is 1. The zero-order valence-electron chi connectivity index (χ0n) is 7.46. The van der Waals surface area contributed by atoms with Crippen LogP contribution in [0.1, 0.15) is 11.8 Å². The molecule has 0 radical (unpaired) electrons. The number of alkyl halides is 1. The van der Waals surface area contributed by atoms with E-state index in [-0.39, 0.29) is 5.38 Å². The van der Waals surface area contributed by atoms with Gasteiger partial charge in [-0.2, -0.15) is 0 Å². The molecule has 1 heterocycles. The minimum Gasteiger partial charge on any atom is -0.300 e. The minimum absolute atomic E-state index is 0.231. The van der Waals surface area contributed by atoms with Crippen LogP contribution in [0.25, 0.3) is 0 Å². The molecule has 1 rings (SSSR count). The first-order chi connectivity index (χ1) is 5.68. The molecule has 0 spiro atoms. The first-order valence-corrected chi connectivity index (χ1v) is 5.35. The fourth-order valence-corrected chi connectivity index (χ4v) is 2.18. The predicted octanol–water partition coefficient (Wildman–Crippen LogP) is 2.81. The van der Waals surface area contributed by atoms with Crippen LogP contribution in [0.4, 0.5) is 0 Å². The minimum atomic E-state index is 0.231. The number of rotatable bonds is 4. The van der Waals surface area contributed by atoms with E-state index in [4.69, 9.17) is 11.6 Å². The maximum absolute atomic E-state index is 5.87. The first kappa shape index (κ1) is 10.0. The first-order valence-electron chi connectivity index (χ1n) is 4.03. The fourth-order valence-electron chi connectivity index (χ4n) is 1.16. The summed E-state index contributed by atoms with van der Waals surface area (Å²) in [5.74, 6) is 0. The summed E-state index contributed by atoms with van der Waals surface area (Å²) in [5.41, 5.74) is 0. The van der Waals surface area contributed by atoms with Gasteiger partial charge < -0.3 is 0 Å². The molecule has 3 heteroatoms. The number of hydrogen-bond donors (Lipinski definition) is 0. The van der Waals surface area contributed by atoms with E-state index in [9.17, 15) is 0 Å². The van der Waals surface area contributed by atoms with Gasteiger partial charge in [0.15, 0.2) is 0 Å². The Morgan fingerprint density at radius 2 is 2.42 bits per heavy atom. The highest BCUT2D eigenvalue weighted by Gasteiger charge is 2.03. The van der Waals surface area contributed by atoms with Crippen molar-refractivity contribution < 1.29 is 0 Å². The molecule has 68 valence electrons. The van der Waals surface area contributed by atoms with Crippen LogP contribution in [-0.2, 0) is 6.54 Å². The largest absolute Gasteiger partial charge is 0.300 e. The van der Waals surface area contributed by atoms with Crippen molar-refractivity contribution in [2.24, 2.45) is 0 Å². The van der Waals surface area contributed by atoms with E-state index >= 15 is 0 Å². The van der Waals surface area contributed by atoms with Gasteiger partial charge in [0.05, 0.1) is 0 Å².